The van der Waals surface area contributed by atoms with Gasteiger partial charge in [-0.2, -0.15) is 5.10 Å². The molecule has 0 radical (unpaired) electrons. The molecule has 1 unspecified atom stereocenters. The second-order valence-electron chi connectivity index (χ2n) is 7.42. The van der Waals surface area contributed by atoms with Crippen LogP contribution in [-0.4, -0.2) is 35.0 Å². The molecule has 1 aromatic carbocycles. The fourth-order valence-electron chi connectivity index (χ4n) is 3.74. The van der Waals surface area contributed by atoms with Crippen molar-refractivity contribution in [2.45, 2.75) is 36.8 Å². The first-order valence-corrected chi connectivity index (χ1v) is 10.9. The van der Waals surface area contributed by atoms with Crippen LogP contribution in [0.15, 0.2) is 41.6 Å². The molecule has 1 atom stereocenters. The van der Waals surface area contributed by atoms with E-state index in [-0.39, 0.29) is 41.7 Å². The van der Waals surface area contributed by atoms with Crippen molar-refractivity contribution in [3.05, 3.63) is 48.0 Å². The predicted molar refractivity (Wildman–Crippen MR) is 106 cm³/mol. The number of nitrogens with two attached hydrogens (primary N) is 1. The average Bonchev–Trinajstić information content (AvgIpc) is 3.20. The molecule has 0 bridgehead atoms. The monoisotopic (exact) mass is 453 g/mol. The van der Waals surface area contributed by atoms with Crippen molar-refractivity contribution in [3.63, 3.8) is 0 Å². The molecular formula is C19H18F3N5O3S. The minimum Gasteiger partial charge on any atom is -0.320 e. The Bertz CT molecular complexity index is 1280. The number of sulfonamides is 1. The van der Waals surface area contributed by atoms with Gasteiger partial charge in [0.25, 0.3) is 21.9 Å². The average molecular weight is 453 g/mol. The van der Waals surface area contributed by atoms with Gasteiger partial charge in [0, 0.05) is 41.7 Å². The van der Waals surface area contributed by atoms with E-state index in [1.807, 2.05) is 0 Å². The molecule has 12 heteroatoms. The first kappa shape index (κ1) is 21.2. The molecule has 0 saturated heterocycles. The van der Waals surface area contributed by atoms with Crippen LogP contribution in [0.1, 0.15) is 29.8 Å². The van der Waals surface area contributed by atoms with Crippen molar-refractivity contribution in [3.8, 4) is 0 Å². The summed E-state index contributed by atoms with van der Waals surface area (Å²) in [5.74, 6) is -5.19. The van der Waals surface area contributed by atoms with E-state index < -0.39 is 38.6 Å². The maximum Gasteiger partial charge on any atom is 0.274 e. The van der Waals surface area contributed by atoms with Crippen LogP contribution in [0.3, 0.4) is 0 Å². The summed E-state index contributed by atoms with van der Waals surface area (Å²) in [4.78, 5) is 16.7. The van der Waals surface area contributed by atoms with E-state index in [1.54, 1.807) is 0 Å². The normalized spacial score (nSPS) is 18.4. The van der Waals surface area contributed by atoms with Gasteiger partial charge in [0.1, 0.15) is 11.5 Å². The summed E-state index contributed by atoms with van der Waals surface area (Å²) in [6.45, 7) is -0.217. The first-order chi connectivity index (χ1) is 14.5. The van der Waals surface area contributed by atoms with Crippen molar-refractivity contribution in [2.24, 2.45) is 11.1 Å². The number of carbonyl (C=O) groups is 1. The van der Waals surface area contributed by atoms with E-state index >= 15 is 0 Å². The van der Waals surface area contributed by atoms with E-state index in [4.69, 9.17) is 5.14 Å². The molecule has 2 heterocycles. The van der Waals surface area contributed by atoms with Crippen molar-refractivity contribution in [2.75, 3.05) is 5.32 Å². The Balaban J connectivity index is 1.72. The topological polar surface area (TPSA) is 120 Å². The Kier molecular flexibility index (Phi) is 5.21. The minimum atomic E-state index is -4.10. The molecule has 2 aromatic heterocycles. The molecule has 164 valence electrons. The van der Waals surface area contributed by atoms with Gasteiger partial charge in [-0.3, -0.25) is 9.48 Å². The van der Waals surface area contributed by atoms with Crippen LogP contribution in [0.4, 0.5) is 18.9 Å². The Labute approximate surface area is 175 Å². The molecule has 0 spiro atoms. The largest absolute Gasteiger partial charge is 0.320 e. The van der Waals surface area contributed by atoms with Crippen LogP contribution in [0.25, 0.3) is 10.9 Å². The third-order valence-electron chi connectivity index (χ3n) is 5.25. The molecule has 4 rings (SSSR count). The Morgan fingerprint density at radius 3 is 2.74 bits per heavy atom. The summed E-state index contributed by atoms with van der Waals surface area (Å²) in [7, 11) is -4.10. The van der Waals surface area contributed by atoms with E-state index in [9.17, 15) is 26.4 Å². The van der Waals surface area contributed by atoms with Gasteiger partial charge < -0.3 is 5.32 Å². The number of hydrogen-bond donors (Lipinski definition) is 2. The maximum absolute atomic E-state index is 14.2. The predicted octanol–water partition coefficient (Wildman–Crippen LogP) is 2.91. The molecule has 31 heavy (non-hydrogen) atoms. The van der Waals surface area contributed by atoms with E-state index in [0.717, 1.165) is 29.1 Å². The zero-order chi connectivity index (χ0) is 22.4. The van der Waals surface area contributed by atoms with Gasteiger partial charge in [-0.05, 0) is 31.0 Å². The highest BCUT2D eigenvalue weighted by molar-refractivity contribution is 7.89. The van der Waals surface area contributed by atoms with Crippen molar-refractivity contribution in [1.82, 2.24) is 14.8 Å². The molecule has 1 aliphatic rings. The van der Waals surface area contributed by atoms with Crippen LogP contribution in [0.5, 0.6) is 0 Å². The number of alkyl halides is 2. The van der Waals surface area contributed by atoms with Gasteiger partial charge in [-0.1, -0.05) is 0 Å². The van der Waals surface area contributed by atoms with E-state index in [0.29, 0.717) is 6.42 Å². The van der Waals surface area contributed by atoms with E-state index in [2.05, 4.69) is 15.4 Å². The van der Waals surface area contributed by atoms with Crippen LogP contribution >= 0.6 is 0 Å². The number of anilines is 1. The lowest BCUT2D eigenvalue weighted by atomic mass is 10.1. The molecule has 1 aliphatic carbocycles. The number of aromatic nitrogens is 3. The lowest BCUT2D eigenvalue weighted by Crippen LogP contribution is -2.28. The number of amides is 1. The zero-order valence-corrected chi connectivity index (χ0v) is 16.9. The van der Waals surface area contributed by atoms with Crippen LogP contribution < -0.4 is 10.5 Å². The van der Waals surface area contributed by atoms with E-state index in [1.165, 1.54) is 12.1 Å². The van der Waals surface area contributed by atoms with Crippen molar-refractivity contribution >= 4 is 32.5 Å². The zero-order valence-electron chi connectivity index (χ0n) is 16.1. The highest BCUT2D eigenvalue weighted by atomic mass is 32.2. The number of rotatable bonds is 5. The summed E-state index contributed by atoms with van der Waals surface area (Å²) in [6, 6.07) is 6.02. The number of nitrogens with one attached hydrogen (secondary N) is 1. The fraction of sp³-hybridized carbons (Fsp3) is 0.316. The highest BCUT2D eigenvalue weighted by Crippen LogP contribution is 2.41. The van der Waals surface area contributed by atoms with Gasteiger partial charge in [0.05, 0.1) is 12.1 Å². The lowest BCUT2D eigenvalue weighted by molar-refractivity contribution is -0.0434. The summed E-state index contributed by atoms with van der Waals surface area (Å²) in [5, 5.41) is 11.6. The molecule has 3 N–H and O–H groups in total. The molecule has 0 aliphatic heterocycles. The fourth-order valence-corrected chi connectivity index (χ4v) is 4.24. The smallest absolute Gasteiger partial charge is 0.274 e. The van der Waals surface area contributed by atoms with Gasteiger partial charge in [-0.25, -0.2) is 31.7 Å². The number of halogens is 3. The number of benzene rings is 1. The van der Waals surface area contributed by atoms with Crippen molar-refractivity contribution in [1.29, 1.82) is 0 Å². The number of fused-ring (bicyclic) bond motifs is 1. The molecule has 8 nitrogen and oxygen atoms in total. The molecule has 1 amide bonds. The molecule has 1 fully saturated rings. The first-order valence-electron chi connectivity index (χ1n) is 9.39. The quantitative estimate of drug-likeness (QED) is 0.616. The van der Waals surface area contributed by atoms with Gasteiger partial charge >= 0.3 is 0 Å². The summed E-state index contributed by atoms with van der Waals surface area (Å²) in [6.07, 6.45) is 1.56. The molecule has 1 saturated carbocycles. The Morgan fingerprint density at radius 1 is 1.29 bits per heavy atom. The van der Waals surface area contributed by atoms with Crippen molar-refractivity contribution < 1.29 is 26.4 Å². The maximum atomic E-state index is 14.2. The number of pyridine rings is 1. The second-order valence-corrected chi connectivity index (χ2v) is 8.93. The molecular weight excluding hydrogens is 435 g/mol. The Hall–Kier alpha value is -2.99. The SMILES string of the molecule is NS(=O)(=O)c1cc(NC(=O)c2c3ccc(F)cc3nn2CC2CCCC2(F)F)ccn1. The minimum absolute atomic E-state index is 0.0355. The van der Waals surface area contributed by atoms with Crippen LogP contribution in [0.2, 0.25) is 0 Å². The Morgan fingerprint density at radius 2 is 2.06 bits per heavy atom. The summed E-state index contributed by atoms with van der Waals surface area (Å²) < 4.78 is 66.2. The second kappa shape index (κ2) is 7.61. The number of hydrogen-bond acceptors (Lipinski definition) is 5. The summed E-state index contributed by atoms with van der Waals surface area (Å²) >= 11 is 0. The number of carbonyl (C=O) groups excluding carboxylic acids is 1. The van der Waals surface area contributed by atoms with Crippen LogP contribution in [-0.2, 0) is 16.6 Å². The number of nitrogens with zero attached hydrogens (tertiary/aromatic N) is 3. The van der Waals surface area contributed by atoms with Crippen LogP contribution in [0, 0.1) is 11.7 Å². The van der Waals surface area contributed by atoms with Gasteiger partial charge in [-0.15, -0.1) is 0 Å². The third kappa shape index (κ3) is 4.26. The lowest BCUT2D eigenvalue weighted by Gasteiger charge is -2.20. The van der Waals surface area contributed by atoms with Gasteiger partial charge in [0.15, 0.2) is 5.03 Å². The highest BCUT2D eigenvalue weighted by Gasteiger charge is 2.44. The number of primary sulfonamides is 1. The summed E-state index contributed by atoms with van der Waals surface area (Å²) in [5.41, 5.74) is 0.191. The molecule has 3 aromatic rings. The van der Waals surface area contributed by atoms with Gasteiger partial charge in [0.2, 0.25) is 0 Å². The third-order valence-corrected chi connectivity index (χ3v) is 6.06. The standard InChI is InChI=1S/C19H18F3N5O3S/c20-12-3-4-14-15(8-12)26-27(10-11-2-1-6-19(11,21)22)17(14)18(28)25-13-5-7-24-16(9-13)31(23,29)30/h3-5,7-9,11H,1-2,6,10H2,(H2,23,29,30)(H,24,25,28).